The van der Waals surface area contributed by atoms with Crippen LogP contribution in [0.3, 0.4) is 0 Å². The molecule has 0 saturated heterocycles. The van der Waals surface area contributed by atoms with Gasteiger partial charge in [-0.2, -0.15) is 0 Å². The first-order valence-electron chi connectivity index (χ1n) is 6.02. The van der Waals surface area contributed by atoms with Gasteiger partial charge in [0, 0.05) is 12.2 Å². The summed E-state index contributed by atoms with van der Waals surface area (Å²) in [5, 5.41) is 18.2. The van der Waals surface area contributed by atoms with Crippen molar-refractivity contribution in [1.82, 2.24) is 9.97 Å². The molecule has 2 N–H and O–H groups in total. The summed E-state index contributed by atoms with van der Waals surface area (Å²) in [4.78, 5) is 19.6. The highest BCUT2D eigenvalue weighted by atomic mass is 32.2. The number of rotatable bonds is 8. The number of hydrogen-bond donors (Lipinski definition) is 2. The Hall–Kier alpha value is -1.18. The van der Waals surface area contributed by atoms with E-state index in [9.17, 15) is 9.90 Å². The third-order valence-corrected chi connectivity index (χ3v) is 3.27. The highest BCUT2D eigenvalue weighted by molar-refractivity contribution is 7.99. The molecule has 1 rings (SSSR count). The molecule has 0 saturated carbocycles. The predicted molar refractivity (Wildman–Crippen MR) is 71.7 cm³/mol. The number of hydrogen-bond acceptors (Lipinski definition) is 6. The standard InChI is InChI=1S/C12H18N2O4S/c1-3-9-13-8(2)10(12(16)17)11(14-9)19-7-6-18-5-4-15/h15H,3-7H2,1-2H3,(H,16,17). The zero-order chi connectivity index (χ0) is 14.3. The minimum absolute atomic E-state index is 0.0162. The van der Waals surface area contributed by atoms with E-state index >= 15 is 0 Å². The number of thioether (sulfide) groups is 1. The van der Waals surface area contributed by atoms with E-state index in [0.717, 1.165) is 0 Å². The molecule has 1 heterocycles. The summed E-state index contributed by atoms with van der Waals surface area (Å²) in [6.07, 6.45) is 0.662. The van der Waals surface area contributed by atoms with Gasteiger partial charge in [-0.3, -0.25) is 0 Å². The van der Waals surface area contributed by atoms with E-state index in [1.165, 1.54) is 11.8 Å². The quantitative estimate of drug-likeness (QED) is 0.420. The first kappa shape index (κ1) is 15.9. The number of carbonyl (C=O) groups is 1. The van der Waals surface area contributed by atoms with Gasteiger partial charge < -0.3 is 14.9 Å². The molecule has 0 atom stereocenters. The van der Waals surface area contributed by atoms with E-state index in [4.69, 9.17) is 9.84 Å². The summed E-state index contributed by atoms with van der Waals surface area (Å²) in [6.45, 7) is 4.31. The molecule has 0 amide bonds. The van der Waals surface area contributed by atoms with Gasteiger partial charge in [0.1, 0.15) is 16.4 Å². The number of aliphatic hydroxyl groups excluding tert-OH is 1. The Morgan fingerprint density at radius 3 is 2.68 bits per heavy atom. The molecule has 106 valence electrons. The maximum Gasteiger partial charge on any atom is 0.340 e. The van der Waals surface area contributed by atoms with Gasteiger partial charge >= 0.3 is 5.97 Å². The Morgan fingerprint density at radius 1 is 1.37 bits per heavy atom. The van der Waals surface area contributed by atoms with Crippen molar-refractivity contribution < 1.29 is 19.7 Å². The minimum atomic E-state index is -1.01. The van der Waals surface area contributed by atoms with Gasteiger partial charge in [0.2, 0.25) is 0 Å². The molecule has 0 spiro atoms. The lowest BCUT2D eigenvalue weighted by Crippen LogP contribution is -2.10. The Bertz CT molecular complexity index is 440. The Labute approximate surface area is 116 Å². The van der Waals surface area contributed by atoms with Gasteiger partial charge in [-0.25, -0.2) is 14.8 Å². The topological polar surface area (TPSA) is 92.5 Å². The number of nitrogens with zero attached hydrogens (tertiary/aromatic N) is 2. The van der Waals surface area contributed by atoms with Crippen LogP contribution in [-0.2, 0) is 11.2 Å². The predicted octanol–water partition coefficient (Wildman–Crippen LogP) is 1.15. The molecule has 0 bridgehead atoms. The third kappa shape index (κ3) is 4.77. The smallest absolute Gasteiger partial charge is 0.340 e. The van der Waals surface area contributed by atoms with Gasteiger partial charge in [0.25, 0.3) is 0 Å². The lowest BCUT2D eigenvalue weighted by atomic mass is 10.2. The Balaban J connectivity index is 2.78. The van der Waals surface area contributed by atoms with Crippen LogP contribution in [0.25, 0.3) is 0 Å². The molecule has 6 nitrogen and oxygen atoms in total. The van der Waals surface area contributed by atoms with Crippen LogP contribution in [0, 0.1) is 6.92 Å². The fourth-order valence-electron chi connectivity index (χ4n) is 1.48. The largest absolute Gasteiger partial charge is 0.478 e. The number of aliphatic hydroxyl groups is 1. The summed E-state index contributed by atoms with van der Waals surface area (Å²) in [5.41, 5.74) is 0.641. The molecular weight excluding hydrogens is 268 g/mol. The fourth-order valence-corrected chi connectivity index (χ4v) is 2.42. The van der Waals surface area contributed by atoms with Crippen molar-refractivity contribution >= 4 is 17.7 Å². The Morgan fingerprint density at radius 2 is 2.11 bits per heavy atom. The zero-order valence-electron chi connectivity index (χ0n) is 11.0. The molecule has 0 radical (unpaired) electrons. The fraction of sp³-hybridized carbons (Fsp3) is 0.583. The molecule has 0 aromatic carbocycles. The number of ether oxygens (including phenoxy) is 1. The lowest BCUT2D eigenvalue weighted by molar-refractivity contribution is 0.0690. The van der Waals surface area contributed by atoms with Crippen LogP contribution in [0.5, 0.6) is 0 Å². The molecule has 19 heavy (non-hydrogen) atoms. The van der Waals surface area contributed by atoms with Gasteiger partial charge in [-0.1, -0.05) is 6.92 Å². The van der Waals surface area contributed by atoms with Crippen LogP contribution in [0.15, 0.2) is 5.03 Å². The van der Waals surface area contributed by atoms with Crippen molar-refractivity contribution in [3.63, 3.8) is 0 Å². The number of aryl methyl sites for hydroxylation is 2. The maximum atomic E-state index is 11.2. The van der Waals surface area contributed by atoms with Crippen LogP contribution in [-0.4, -0.2) is 51.7 Å². The summed E-state index contributed by atoms with van der Waals surface area (Å²) < 4.78 is 5.13. The minimum Gasteiger partial charge on any atom is -0.478 e. The normalized spacial score (nSPS) is 10.7. The highest BCUT2D eigenvalue weighted by Crippen LogP contribution is 2.22. The third-order valence-electron chi connectivity index (χ3n) is 2.34. The highest BCUT2D eigenvalue weighted by Gasteiger charge is 2.17. The molecule has 0 aliphatic heterocycles. The van der Waals surface area contributed by atoms with Crippen LogP contribution in [0.2, 0.25) is 0 Å². The van der Waals surface area contributed by atoms with Crippen molar-refractivity contribution in [2.24, 2.45) is 0 Å². The van der Waals surface area contributed by atoms with Crippen molar-refractivity contribution in [2.45, 2.75) is 25.3 Å². The van der Waals surface area contributed by atoms with E-state index in [2.05, 4.69) is 9.97 Å². The van der Waals surface area contributed by atoms with Crippen LogP contribution >= 0.6 is 11.8 Å². The molecule has 0 fully saturated rings. The number of carboxylic acids is 1. The molecule has 1 aromatic rings. The first-order chi connectivity index (χ1) is 9.10. The van der Waals surface area contributed by atoms with Crippen LogP contribution < -0.4 is 0 Å². The second kappa shape index (κ2) is 8.08. The summed E-state index contributed by atoms with van der Waals surface area (Å²) >= 11 is 1.33. The van der Waals surface area contributed by atoms with E-state index < -0.39 is 5.97 Å². The van der Waals surface area contributed by atoms with Gasteiger partial charge in [0.05, 0.1) is 25.5 Å². The van der Waals surface area contributed by atoms with E-state index in [1.807, 2.05) is 6.92 Å². The molecular formula is C12H18N2O4S. The summed E-state index contributed by atoms with van der Waals surface area (Å²) in [5.74, 6) is 0.208. The van der Waals surface area contributed by atoms with Crippen LogP contribution in [0.4, 0.5) is 0 Å². The first-order valence-corrected chi connectivity index (χ1v) is 7.00. The monoisotopic (exact) mass is 286 g/mol. The second-order valence-corrected chi connectivity index (χ2v) is 4.83. The second-order valence-electron chi connectivity index (χ2n) is 3.75. The van der Waals surface area contributed by atoms with Crippen LogP contribution in [0.1, 0.15) is 28.8 Å². The van der Waals surface area contributed by atoms with Crippen molar-refractivity contribution in [3.05, 3.63) is 17.1 Å². The van der Waals surface area contributed by atoms with Gasteiger partial charge in [-0.05, 0) is 6.92 Å². The summed E-state index contributed by atoms with van der Waals surface area (Å²) in [6, 6.07) is 0. The average molecular weight is 286 g/mol. The number of aromatic nitrogens is 2. The summed E-state index contributed by atoms with van der Waals surface area (Å²) in [7, 11) is 0. The van der Waals surface area contributed by atoms with Gasteiger partial charge in [0.15, 0.2) is 0 Å². The van der Waals surface area contributed by atoms with Crippen molar-refractivity contribution in [1.29, 1.82) is 0 Å². The molecule has 7 heteroatoms. The van der Waals surface area contributed by atoms with E-state index in [1.54, 1.807) is 6.92 Å². The molecule has 0 aliphatic carbocycles. The number of carboxylic acid groups (broad SMARTS) is 1. The average Bonchev–Trinajstić information content (AvgIpc) is 2.37. The molecule has 0 aliphatic rings. The van der Waals surface area contributed by atoms with Gasteiger partial charge in [-0.15, -0.1) is 11.8 Å². The Kier molecular flexibility index (Phi) is 6.75. The van der Waals surface area contributed by atoms with Crippen molar-refractivity contribution in [2.75, 3.05) is 25.6 Å². The zero-order valence-corrected chi connectivity index (χ0v) is 11.9. The molecule has 1 aromatic heterocycles. The molecule has 0 unspecified atom stereocenters. The SMILES string of the molecule is CCc1nc(C)c(C(=O)O)c(SCCOCCO)n1. The van der Waals surface area contributed by atoms with Crippen molar-refractivity contribution in [3.8, 4) is 0 Å². The number of aromatic carboxylic acids is 1. The van der Waals surface area contributed by atoms with E-state index in [0.29, 0.717) is 35.3 Å². The van der Waals surface area contributed by atoms with E-state index in [-0.39, 0.29) is 18.8 Å². The maximum absolute atomic E-state index is 11.2. The lowest BCUT2D eigenvalue weighted by Gasteiger charge is -2.09.